The Labute approximate surface area is 175 Å². The van der Waals surface area contributed by atoms with Crippen LogP contribution in [0.3, 0.4) is 0 Å². The van der Waals surface area contributed by atoms with E-state index in [0.29, 0.717) is 24.5 Å². The molecule has 0 aliphatic carbocycles. The Morgan fingerprint density at radius 2 is 1.60 bits per heavy atom. The summed E-state index contributed by atoms with van der Waals surface area (Å²) in [5.74, 6) is -0.305. The summed E-state index contributed by atoms with van der Waals surface area (Å²) in [6.45, 7) is 2.86. The number of carbonyl (C=O) groups excluding carboxylic acids is 2. The normalized spacial score (nSPS) is 17.2. The van der Waals surface area contributed by atoms with Gasteiger partial charge in [-0.05, 0) is 55.3 Å². The monoisotopic (exact) mass is 432 g/mol. The molecule has 0 radical (unpaired) electrons. The smallest absolute Gasteiger partial charge is 0.269 e. The molecule has 8 nitrogen and oxygen atoms in total. The second kappa shape index (κ2) is 9.62. The average molecular weight is 432 g/mol. The molecule has 2 aromatic rings. The standard InChI is InChI=1S/C21H24N2O6S/c1-2-28-18-7-9-19(10-8-18)29-13-15-3-5-16(6-4-15)20(24)22-23-21(25)17-11-12-30(26,27)14-17/h3-10,17H,2,11-14H2,1H3,(H,22,24)(H,23,25)/t17-/m1/s1. The van der Waals surface area contributed by atoms with Gasteiger partial charge in [-0.1, -0.05) is 12.1 Å². The SMILES string of the molecule is CCOc1ccc(OCc2ccc(C(=O)NNC(=O)[C@@H]3CCS(=O)(=O)C3)cc2)cc1. The molecule has 9 heteroatoms. The van der Waals surface area contributed by atoms with Gasteiger partial charge in [-0.25, -0.2) is 8.42 Å². The maximum atomic E-state index is 12.2. The Bertz CT molecular complexity index is 987. The van der Waals surface area contributed by atoms with E-state index in [1.165, 1.54) is 0 Å². The van der Waals surface area contributed by atoms with Crippen molar-refractivity contribution in [3.63, 3.8) is 0 Å². The van der Waals surface area contributed by atoms with Gasteiger partial charge in [-0.3, -0.25) is 20.4 Å². The predicted molar refractivity (Wildman–Crippen MR) is 111 cm³/mol. The van der Waals surface area contributed by atoms with Gasteiger partial charge < -0.3 is 9.47 Å². The maximum Gasteiger partial charge on any atom is 0.269 e. The molecule has 0 unspecified atom stereocenters. The lowest BCUT2D eigenvalue weighted by Crippen LogP contribution is -2.44. The topological polar surface area (TPSA) is 111 Å². The highest BCUT2D eigenvalue weighted by Gasteiger charge is 2.33. The summed E-state index contributed by atoms with van der Waals surface area (Å²) in [5, 5.41) is 0. The molecule has 160 valence electrons. The van der Waals surface area contributed by atoms with Crippen LogP contribution < -0.4 is 20.3 Å². The second-order valence-corrected chi connectivity index (χ2v) is 9.16. The average Bonchev–Trinajstić information content (AvgIpc) is 3.11. The molecule has 1 heterocycles. The molecule has 0 saturated carbocycles. The number of hydrogen-bond acceptors (Lipinski definition) is 6. The molecule has 2 aromatic carbocycles. The van der Waals surface area contributed by atoms with E-state index in [0.717, 1.165) is 11.3 Å². The van der Waals surface area contributed by atoms with E-state index in [1.807, 2.05) is 31.2 Å². The van der Waals surface area contributed by atoms with E-state index in [9.17, 15) is 18.0 Å². The van der Waals surface area contributed by atoms with Crippen molar-refractivity contribution in [2.24, 2.45) is 5.92 Å². The van der Waals surface area contributed by atoms with Crippen molar-refractivity contribution in [3.8, 4) is 11.5 Å². The lowest BCUT2D eigenvalue weighted by atomic mass is 10.1. The molecule has 2 amide bonds. The van der Waals surface area contributed by atoms with E-state index in [1.54, 1.807) is 24.3 Å². The first-order chi connectivity index (χ1) is 14.4. The van der Waals surface area contributed by atoms with Gasteiger partial charge in [0.15, 0.2) is 9.84 Å². The molecular formula is C21H24N2O6S. The number of sulfone groups is 1. The van der Waals surface area contributed by atoms with E-state index >= 15 is 0 Å². The van der Waals surface area contributed by atoms with Crippen molar-refractivity contribution in [3.05, 3.63) is 59.7 Å². The number of carbonyl (C=O) groups is 2. The highest BCUT2D eigenvalue weighted by molar-refractivity contribution is 7.91. The van der Waals surface area contributed by atoms with Crippen molar-refractivity contribution in [2.45, 2.75) is 20.0 Å². The summed E-state index contributed by atoms with van der Waals surface area (Å²) in [7, 11) is -3.16. The molecule has 0 bridgehead atoms. The van der Waals surface area contributed by atoms with Gasteiger partial charge in [0.25, 0.3) is 5.91 Å². The van der Waals surface area contributed by atoms with Gasteiger partial charge in [0.1, 0.15) is 18.1 Å². The Morgan fingerprint density at radius 1 is 0.967 bits per heavy atom. The van der Waals surface area contributed by atoms with Crippen LogP contribution in [-0.2, 0) is 21.2 Å². The Balaban J connectivity index is 1.46. The zero-order valence-corrected chi connectivity index (χ0v) is 17.4. The summed E-state index contributed by atoms with van der Waals surface area (Å²) in [5.41, 5.74) is 5.85. The third-order valence-corrected chi connectivity index (χ3v) is 6.43. The molecular weight excluding hydrogens is 408 g/mol. The number of rotatable bonds is 7. The molecule has 1 aliphatic heterocycles. The maximum absolute atomic E-state index is 12.2. The summed E-state index contributed by atoms with van der Waals surface area (Å²) < 4.78 is 34.0. The highest BCUT2D eigenvalue weighted by Crippen LogP contribution is 2.19. The van der Waals surface area contributed by atoms with Crippen molar-refractivity contribution < 1.29 is 27.5 Å². The summed E-state index contributed by atoms with van der Waals surface area (Å²) in [4.78, 5) is 24.2. The zero-order chi connectivity index (χ0) is 21.6. The fourth-order valence-corrected chi connectivity index (χ4v) is 4.75. The summed E-state index contributed by atoms with van der Waals surface area (Å²) >= 11 is 0. The molecule has 2 N–H and O–H groups in total. The van der Waals surface area contributed by atoms with Gasteiger partial charge in [0, 0.05) is 5.56 Å². The number of hydrogen-bond donors (Lipinski definition) is 2. The number of amides is 2. The summed E-state index contributed by atoms with van der Waals surface area (Å²) in [6, 6.07) is 14.1. The van der Waals surface area contributed by atoms with Crippen LogP contribution in [0.4, 0.5) is 0 Å². The van der Waals surface area contributed by atoms with Gasteiger partial charge in [0.05, 0.1) is 24.0 Å². The minimum atomic E-state index is -3.16. The molecule has 1 fully saturated rings. The minimum Gasteiger partial charge on any atom is -0.494 e. The lowest BCUT2D eigenvalue weighted by molar-refractivity contribution is -0.125. The third-order valence-electron chi connectivity index (χ3n) is 4.66. The van der Waals surface area contributed by atoms with E-state index in [-0.39, 0.29) is 17.9 Å². The molecule has 1 aliphatic rings. The predicted octanol–water partition coefficient (Wildman–Crippen LogP) is 1.86. The van der Waals surface area contributed by atoms with Crippen LogP contribution in [0, 0.1) is 5.92 Å². The van der Waals surface area contributed by atoms with Crippen molar-refractivity contribution in [1.82, 2.24) is 10.9 Å². The van der Waals surface area contributed by atoms with Gasteiger partial charge in [-0.15, -0.1) is 0 Å². The first kappa shape index (κ1) is 21.6. The fraction of sp³-hybridized carbons (Fsp3) is 0.333. The van der Waals surface area contributed by atoms with Crippen LogP contribution in [0.25, 0.3) is 0 Å². The number of nitrogens with one attached hydrogen (secondary N) is 2. The number of ether oxygens (including phenoxy) is 2. The molecule has 0 aromatic heterocycles. The third kappa shape index (κ3) is 5.96. The molecule has 1 saturated heterocycles. The van der Waals surface area contributed by atoms with Gasteiger partial charge in [0.2, 0.25) is 5.91 Å². The van der Waals surface area contributed by atoms with Crippen LogP contribution in [0.2, 0.25) is 0 Å². The molecule has 0 spiro atoms. The minimum absolute atomic E-state index is 0.000766. The van der Waals surface area contributed by atoms with Crippen LogP contribution >= 0.6 is 0 Å². The summed E-state index contributed by atoms with van der Waals surface area (Å²) in [6.07, 6.45) is 0.271. The van der Waals surface area contributed by atoms with E-state index in [4.69, 9.17) is 9.47 Å². The number of hydrazine groups is 1. The van der Waals surface area contributed by atoms with Gasteiger partial charge >= 0.3 is 0 Å². The molecule has 3 rings (SSSR count). The van der Waals surface area contributed by atoms with Crippen molar-refractivity contribution in [2.75, 3.05) is 18.1 Å². The second-order valence-electron chi connectivity index (χ2n) is 6.93. The zero-order valence-electron chi connectivity index (χ0n) is 16.6. The van der Waals surface area contributed by atoms with Gasteiger partial charge in [-0.2, -0.15) is 0 Å². The molecule has 1 atom stereocenters. The Kier molecular flexibility index (Phi) is 6.94. The van der Waals surface area contributed by atoms with Crippen LogP contribution in [0.5, 0.6) is 11.5 Å². The van der Waals surface area contributed by atoms with Crippen molar-refractivity contribution >= 4 is 21.7 Å². The first-order valence-corrected chi connectivity index (χ1v) is 11.4. The van der Waals surface area contributed by atoms with Crippen molar-refractivity contribution in [1.29, 1.82) is 0 Å². The van der Waals surface area contributed by atoms with Crippen LogP contribution in [0.15, 0.2) is 48.5 Å². The molecule has 30 heavy (non-hydrogen) atoms. The van der Waals surface area contributed by atoms with E-state index in [2.05, 4.69) is 10.9 Å². The quantitative estimate of drug-likeness (QED) is 0.646. The fourth-order valence-electron chi connectivity index (χ4n) is 3.01. The Hall–Kier alpha value is -3.07. The number of benzene rings is 2. The van der Waals surface area contributed by atoms with Crippen LogP contribution in [0.1, 0.15) is 29.3 Å². The Morgan fingerprint density at radius 3 is 2.17 bits per heavy atom. The van der Waals surface area contributed by atoms with Crippen LogP contribution in [-0.4, -0.2) is 38.3 Å². The lowest BCUT2D eigenvalue weighted by Gasteiger charge is -2.11. The first-order valence-electron chi connectivity index (χ1n) is 9.61. The van der Waals surface area contributed by atoms with E-state index < -0.39 is 27.6 Å². The largest absolute Gasteiger partial charge is 0.494 e. The highest BCUT2D eigenvalue weighted by atomic mass is 32.2.